The summed E-state index contributed by atoms with van der Waals surface area (Å²) in [6, 6.07) is 11.8. The molecule has 23 heavy (non-hydrogen) atoms. The normalized spacial score (nSPS) is 12.6. The second-order valence-electron chi connectivity index (χ2n) is 5.00. The summed E-state index contributed by atoms with van der Waals surface area (Å²) in [6.07, 6.45) is 0. The number of carboxylic acid groups (broad SMARTS) is 1. The van der Waals surface area contributed by atoms with Crippen molar-refractivity contribution >= 4 is 16.0 Å². The van der Waals surface area contributed by atoms with Gasteiger partial charge in [-0.1, -0.05) is 18.2 Å². The number of para-hydroxylation sites is 1. The number of carbonyl (C=O) groups excluding carboxylic acids is 1. The van der Waals surface area contributed by atoms with Crippen LogP contribution in [-0.4, -0.2) is 20.4 Å². The predicted molar refractivity (Wildman–Crippen MR) is 82.5 cm³/mol. The van der Waals surface area contributed by atoms with Crippen LogP contribution in [0.4, 0.5) is 0 Å². The maximum Gasteiger partial charge on any atom is 0.241 e. The van der Waals surface area contributed by atoms with Gasteiger partial charge < -0.3 is 14.6 Å². The van der Waals surface area contributed by atoms with Crippen LogP contribution in [0, 0.1) is 6.92 Å². The Hall–Kier alpha value is -2.38. The predicted octanol–water partition coefficient (Wildman–Crippen LogP) is 1.20. The minimum Gasteiger partial charge on any atom is -0.548 e. The van der Waals surface area contributed by atoms with Gasteiger partial charge in [0.05, 0.1) is 16.9 Å². The molecule has 6 nitrogen and oxygen atoms in total. The average Bonchev–Trinajstić information content (AvgIpc) is 2.49. The lowest BCUT2D eigenvalue weighted by Gasteiger charge is -2.15. The van der Waals surface area contributed by atoms with Crippen molar-refractivity contribution < 1.29 is 23.1 Å². The van der Waals surface area contributed by atoms with E-state index in [4.69, 9.17) is 4.74 Å². The molecule has 0 aliphatic heterocycles. The second-order valence-corrected chi connectivity index (χ2v) is 6.71. The Balaban J connectivity index is 2.16. The highest BCUT2D eigenvalue weighted by Crippen LogP contribution is 2.25. The first kappa shape index (κ1) is 17.0. The topological polar surface area (TPSA) is 95.5 Å². The molecule has 0 aromatic heterocycles. The van der Waals surface area contributed by atoms with E-state index in [1.807, 2.05) is 35.9 Å². The van der Waals surface area contributed by atoms with Gasteiger partial charge in [0.2, 0.25) is 10.0 Å². The summed E-state index contributed by atoms with van der Waals surface area (Å²) in [5, 5.41) is 10.6. The molecule has 2 aromatic rings. The van der Waals surface area contributed by atoms with Crippen LogP contribution in [0.15, 0.2) is 53.4 Å². The molecule has 0 saturated heterocycles. The molecule has 7 heteroatoms. The van der Waals surface area contributed by atoms with Crippen LogP contribution < -0.4 is 14.6 Å². The summed E-state index contributed by atoms with van der Waals surface area (Å²) in [6.45, 7) is 3.10. The Labute approximate surface area is 134 Å². The highest BCUT2D eigenvalue weighted by atomic mass is 32.2. The minimum atomic E-state index is -3.93. The van der Waals surface area contributed by atoms with E-state index < -0.39 is 22.0 Å². The monoisotopic (exact) mass is 334 g/mol. The van der Waals surface area contributed by atoms with E-state index in [-0.39, 0.29) is 4.90 Å². The number of carboxylic acids is 1. The zero-order valence-corrected chi connectivity index (χ0v) is 13.5. The van der Waals surface area contributed by atoms with Crippen molar-refractivity contribution in [2.45, 2.75) is 24.8 Å². The molecule has 2 rings (SSSR count). The molecule has 0 bridgehead atoms. The molecule has 0 radical (unpaired) electrons. The van der Waals surface area contributed by atoms with Gasteiger partial charge in [0.1, 0.15) is 11.5 Å². The van der Waals surface area contributed by atoms with Gasteiger partial charge in [-0.25, -0.2) is 13.1 Å². The van der Waals surface area contributed by atoms with Crippen LogP contribution in [0.5, 0.6) is 11.5 Å². The first-order valence-corrected chi connectivity index (χ1v) is 8.34. The number of carbonyl (C=O) groups is 1. The largest absolute Gasteiger partial charge is 0.548 e. The Bertz CT molecular complexity index is 799. The third-order valence-corrected chi connectivity index (χ3v) is 4.70. The minimum absolute atomic E-state index is 0.0530. The number of aryl methyl sites for hydroxylation is 1. The molecule has 2 aromatic carbocycles. The van der Waals surface area contributed by atoms with Crippen molar-refractivity contribution in [3.05, 3.63) is 54.1 Å². The molecular formula is C16H16NO5S-. The van der Waals surface area contributed by atoms with Crippen LogP contribution in [0.2, 0.25) is 0 Å². The van der Waals surface area contributed by atoms with Crippen molar-refractivity contribution in [1.82, 2.24) is 4.72 Å². The quantitative estimate of drug-likeness (QED) is 0.856. The lowest BCUT2D eigenvalue weighted by molar-refractivity contribution is -0.307. The number of ether oxygens (including phenoxy) is 1. The Kier molecular flexibility index (Phi) is 5.02. The number of nitrogens with one attached hydrogen (secondary N) is 1. The highest BCUT2D eigenvalue weighted by Gasteiger charge is 2.17. The van der Waals surface area contributed by atoms with Crippen molar-refractivity contribution in [3.8, 4) is 11.5 Å². The molecule has 0 spiro atoms. The SMILES string of the molecule is Cc1ccccc1Oc1ccc(S(=O)(=O)NC(C)C(=O)[O-])cc1. The molecule has 0 aliphatic rings. The number of rotatable bonds is 6. The first-order chi connectivity index (χ1) is 10.8. The van der Waals surface area contributed by atoms with Gasteiger partial charge in [0.25, 0.3) is 0 Å². The van der Waals surface area contributed by atoms with E-state index >= 15 is 0 Å². The molecule has 0 heterocycles. The van der Waals surface area contributed by atoms with Crippen LogP contribution in [0.1, 0.15) is 12.5 Å². The van der Waals surface area contributed by atoms with Gasteiger partial charge in [-0.3, -0.25) is 0 Å². The standard InChI is InChI=1S/C16H17NO5S/c1-11-5-3-4-6-15(11)22-13-7-9-14(10-8-13)23(20,21)17-12(2)16(18)19/h3-10,12,17H,1-2H3,(H,18,19)/p-1. The number of hydrogen-bond acceptors (Lipinski definition) is 5. The highest BCUT2D eigenvalue weighted by molar-refractivity contribution is 7.89. The van der Waals surface area contributed by atoms with E-state index in [0.29, 0.717) is 11.5 Å². The molecule has 1 atom stereocenters. The zero-order valence-electron chi connectivity index (χ0n) is 12.6. The van der Waals surface area contributed by atoms with E-state index in [1.165, 1.54) is 31.2 Å². The second kappa shape index (κ2) is 6.80. The van der Waals surface area contributed by atoms with Crippen LogP contribution in [-0.2, 0) is 14.8 Å². The van der Waals surface area contributed by atoms with Crippen molar-refractivity contribution in [2.24, 2.45) is 0 Å². The van der Waals surface area contributed by atoms with Crippen LogP contribution in [0.25, 0.3) is 0 Å². The summed E-state index contributed by atoms with van der Waals surface area (Å²) in [5.41, 5.74) is 0.952. The number of sulfonamides is 1. The summed E-state index contributed by atoms with van der Waals surface area (Å²) in [7, 11) is -3.93. The third kappa shape index (κ3) is 4.30. The van der Waals surface area contributed by atoms with Gasteiger partial charge in [0.15, 0.2) is 0 Å². The molecular weight excluding hydrogens is 318 g/mol. The van der Waals surface area contributed by atoms with Gasteiger partial charge >= 0.3 is 0 Å². The van der Waals surface area contributed by atoms with Crippen LogP contribution in [0.3, 0.4) is 0 Å². The van der Waals surface area contributed by atoms with E-state index in [1.54, 1.807) is 0 Å². The Morgan fingerprint density at radius 2 is 1.74 bits per heavy atom. The summed E-state index contributed by atoms with van der Waals surface area (Å²) in [4.78, 5) is 10.6. The van der Waals surface area contributed by atoms with E-state index in [0.717, 1.165) is 5.56 Å². The van der Waals surface area contributed by atoms with Crippen molar-refractivity contribution in [2.75, 3.05) is 0 Å². The fraction of sp³-hybridized carbons (Fsp3) is 0.188. The lowest BCUT2D eigenvalue weighted by atomic mass is 10.2. The van der Waals surface area contributed by atoms with Crippen LogP contribution >= 0.6 is 0 Å². The average molecular weight is 334 g/mol. The summed E-state index contributed by atoms with van der Waals surface area (Å²) in [5.74, 6) is -0.342. The maximum absolute atomic E-state index is 12.0. The fourth-order valence-electron chi connectivity index (χ4n) is 1.83. The summed E-state index contributed by atoms with van der Waals surface area (Å²) < 4.78 is 31.8. The molecule has 0 fully saturated rings. The maximum atomic E-state index is 12.0. The Morgan fingerprint density at radius 3 is 2.30 bits per heavy atom. The Morgan fingerprint density at radius 1 is 1.13 bits per heavy atom. The van der Waals surface area contributed by atoms with Gasteiger partial charge in [-0.15, -0.1) is 0 Å². The van der Waals surface area contributed by atoms with Gasteiger partial charge in [0, 0.05) is 0 Å². The zero-order chi connectivity index (χ0) is 17.0. The number of hydrogen-bond donors (Lipinski definition) is 1. The van der Waals surface area contributed by atoms with E-state index in [9.17, 15) is 18.3 Å². The van der Waals surface area contributed by atoms with Gasteiger partial charge in [-0.05, 0) is 49.7 Å². The summed E-state index contributed by atoms with van der Waals surface area (Å²) >= 11 is 0. The molecule has 0 saturated carbocycles. The van der Waals surface area contributed by atoms with Crippen molar-refractivity contribution in [3.63, 3.8) is 0 Å². The molecule has 122 valence electrons. The smallest absolute Gasteiger partial charge is 0.241 e. The first-order valence-electron chi connectivity index (χ1n) is 6.86. The molecule has 1 N–H and O–H groups in total. The third-order valence-electron chi connectivity index (χ3n) is 3.14. The van der Waals surface area contributed by atoms with Crippen molar-refractivity contribution in [1.29, 1.82) is 0 Å². The lowest BCUT2D eigenvalue weighted by Crippen LogP contribution is -2.45. The number of benzene rings is 2. The van der Waals surface area contributed by atoms with E-state index in [2.05, 4.69) is 0 Å². The molecule has 0 amide bonds. The number of aliphatic carboxylic acids is 1. The fourth-order valence-corrected chi connectivity index (χ4v) is 3.03. The molecule has 0 aliphatic carbocycles. The molecule has 1 unspecified atom stereocenters. The van der Waals surface area contributed by atoms with Gasteiger partial charge in [-0.2, -0.15) is 0 Å².